The number of hydrogen-bond acceptors (Lipinski definition) is 3. The van der Waals surface area contributed by atoms with Crippen LogP contribution in [0.2, 0.25) is 0 Å². The van der Waals surface area contributed by atoms with Crippen molar-refractivity contribution in [2.24, 2.45) is 0 Å². The Morgan fingerprint density at radius 2 is 1.69 bits per heavy atom. The molecule has 0 saturated carbocycles. The van der Waals surface area contributed by atoms with Gasteiger partial charge in [0, 0.05) is 18.0 Å². The molecule has 0 fully saturated rings. The Morgan fingerprint density at radius 3 is 2.38 bits per heavy atom. The van der Waals surface area contributed by atoms with E-state index in [-0.39, 0.29) is 5.56 Å². The Bertz CT molecular complexity index is 959. The predicted molar refractivity (Wildman–Crippen MR) is 90.5 cm³/mol. The summed E-state index contributed by atoms with van der Waals surface area (Å²) in [7, 11) is 1.55. The number of rotatable bonds is 4. The van der Waals surface area contributed by atoms with Crippen LogP contribution in [0.1, 0.15) is 10.4 Å². The first-order chi connectivity index (χ1) is 12.5. The van der Waals surface area contributed by atoms with Gasteiger partial charge < -0.3 is 10.1 Å². The third kappa shape index (κ3) is 3.51. The van der Waals surface area contributed by atoms with Crippen molar-refractivity contribution in [2.45, 2.75) is 0 Å². The summed E-state index contributed by atoms with van der Waals surface area (Å²) in [6.07, 6.45) is 2.86. The number of ether oxygens (including phenoxy) is 1. The number of benzene rings is 2. The average molecular weight is 358 g/mol. The second-order valence-corrected chi connectivity index (χ2v) is 5.37. The van der Waals surface area contributed by atoms with Gasteiger partial charge in [-0.2, -0.15) is 0 Å². The van der Waals surface area contributed by atoms with Crippen molar-refractivity contribution >= 4 is 11.6 Å². The van der Waals surface area contributed by atoms with E-state index in [0.29, 0.717) is 11.3 Å². The zero-order chi connectivity index (χ0) is 18.7. The van der Waals surface area contributed by atoms with E-state index in [1.54, 1.807) is 43.6 Å². The number of methoxy groups -OCH3 is 1. The predicted octanol–water partition coefficient (Wildman–Crippen LogP) is 4.43. The first kappa shape index (κ1) is 17.5. The fraction of sp³-hybridized carbons (Fsp3) is 0.0526. The molecule has 1 N–H and O–H groups in total. The van der Waals surface area contributed by atoms with Gasteiger partial charge in [0.15, 0.2) is 17.5 Å². The molecule has 3 rings (SSSR count). The van der Waals surface area contributed by atoms with E-state index in [1.807, 2.05) is 0 Å². The number of nitrogens with zero attached hydrogens (tertiary/aromatic N) is 1. The van der Waals surface area contributed by atoms with Crippen LogP contribution in [0.4, 0.5) is 18.9 Å². The fourth-order valence-electron chi connectivity index (χ4n) is 2.32. The van der Waals surface area contributed by atoms with E-state index in [4.69, 9.17) is 4.74 Å². The summed E-state index contributed by atoms with van der Waals surface area (Å²) in [5.41, 5.74) is 1.14. The summed E-state index contributed by atoms with van der Waals surface area (Å²) in [4.78, 5) is 16.3. The van der Waals surface area contributed by atoms with Crippen LogP contribution in [0.25, 0.3) is 11.1 Å². The monoisotopic (exact) mass is 358 g/mol. The minimum Gasteiger partial charge on any atom is -0.497 e. The maximum atomic E-state index is 13.7. The van der Waals surface area contributed by atoms with Crippen molar-refractivity contribution < 1.29 is 22.7 Å². The van der Waals surface area contributed by atoms with Crippen LogP contribution in [-0.4, -0.2) is 18.0 Å². The molecule has 0 aliphatic rings. The summed E-state index contributed by atoms with van der Waals surface area (Å²) < 4.78 is 45.0. The van der Waals surface area contributed by atoms with Crippen molar-refractivity contribution in [2.75, 3.05) is 12.4 Å². The van der Waals surface area contributed by atoms with Gasteiger partial charge in [-0.15, -0.1) is 0 Å². The first-order valence-corrected chi connectivity index (χ1v) is 7.54. The highest BCUT2D eigenvalue weighted by Gasteiger charge is 2.16. The summed E-state index contributed by atoms with van der Waals surface area (Å²) in [5.74, 6) is -4.45. The Morgan fingerprint density at radius 1 is 0.962 bits per heavy atom. The number of carbonyl (C=O) groups is 1. The highest BCUT2D eigenvalue weighted by atomic mass is 19.2. The van der Waals surface area contributed by atoms with Crippen molar-refractivity contribution in [3.05, 3.63) is 77.9 Å². The van der Waals surface area contributed by atoms with E-state index in [1.165, 1.54) is 6.20 Å². The number of hydrogen-bond donors (Lipinski definition) is 1. The Kier molecular flexibility index (Phi) is 4.88. The maximum Gasteiger partial charge on any atom is 0.257 e. The van der Waals surface area contributed by atoms with Gasteiger partial charge in [0.05, 0.1) is 18.4 Å². The molecule has 0 aliphatic heterocycles. The molecule has 132 valence electrons. The van der Waals surface area contributed by atoms with Gasteiger partial charge in [0.25, 0.3) is 5.91 Å². The molecule has 0 saturated heterocycles. The number of amides is 1. The molecule has 0 atom stereocenters. The molecule has 3 aromatic rings. The average Bonchev–Trinajstić information content (AvgIpc) is 2.68. The SMILES string of the molecule is COc1ccc(-c2cncc(C(=O)Nc3ccc(F)c(F)c3F)c2)cc1. The molecule has 0 aliphatic carbocycles. The van der Waals surface area contributed by atoms with Gasteiger partial charge in [0.1, 0.15) is 5.75 Å². The lowest BCUT2D eigenvalue weighted by molar-refractivity contribution is 0.102. The Balaban J connectivity index is 1.85. The summed E-state index contributed by atoms with van der Waals surface area (Å²) in [5, 5.41) is 2.21. The van der Waals surface area contributed by atoms with Gasteiger partial charge in [0.2, 0.25) is 0 Å². The molecule has 1 heterocycles. The molecule has 4 nitrogen and oxygen atoms in total. The van der Waals surface area contributed by atoms with Crippen molar-refractivity contribution in [1.29, 1.82) is 0 Å². The molecule has 2 aromatic carbocycles. The van der Waals surface area contributed by atoms with E-state index >= 15 is 0 Å². The summed E-state index contributed by atoms with van der Waals surface area (Å²) >= 11 is 0. The molecule has 0 unspecified atom stereocenters. The second-order valence-electron chi connectivity index (χ2n) is 5.37. The van der Waals surface area contributed by atoms with Crippen LogP contribution in [0.5, 0.6) is 5.75 Å². The molecular weight excluding hydrogens is 345 g/mol. The van der Waals surface area contributed by atoms with E-state index in [9.17, 15) is 18.0 Å². The number of pyridine rings is 1. The second kappa shape index (κ2) is 7.26. The molecule has 0 radical (unpaired) electrons. The number of carbonyl (C=O) groups excluding carboxylic acids is 1. The molecular formula is C19H13F3N2O2. The van der Waals surface area contributed by atoms with Crippen LogP contribution >= 0.6 is 0 Å². The Labute approximate surface area is 147 Å². The van der Waals surface area contributed by atoms with Gasteiger partial charge in [-0.3, -0.25) is 9.78 Å². The van der Waals surface area contributed by atoms with E-state index in [2.05, 4.69) is 10.3 Å². The van der Waals surface area contributed by atoms with Crippen LogP contribution in [-0.2, 0) is 0 Å². The minimum absolute atomic E-state index is 0.141. The topological polar surface area (TPSA) is 51.2 Å². The van der Waals surface area contributed by atoms with E-state index < -0.39 is 29.0 Å². The van der Waals surface area contributed by atoms with E-state index in [0.717, 1.165) is 17.7 Å². The van der Waals surface area contributed by atoms with Gasteiger partial charge in [-0.25, -0.2) is 13.2 Å². The minimum atomic E-state index is -1.65. The van der Waals surface area contributed by atoms with Crippen molar-refractivity contribution in [3.8, 4) is 16.9 Å². The van der Waals surface area contributed by atoms with Crippen LogP contribution < -0.4 is 10.1 Å². The number of nitrogens with one attached hydrogen (secondary N) is 1. The lowest BCUT2D eigenvalue weighted by Crippen LogP contribution is -2.14. The van der Waals surface area contributed by atoms with Crippen molar-refractivity contribution in [3.63, 3.8) is 0 Å². The molecule has 26 heavy (non-hydrogen) atoms. The molecule has 0 bridgehead atoms. The van der Waals surface area contributed by atoms with Gasteiger partial charge in [-0.05, 0) is 35.9 Å². The number of halogens is 3. The highest BCUT2D eigenvalue weighted by Crippen LogP contribution is 2.24. The molecule has 0 spiro atoms. The zero-order valence-electron chi connectivity index (χ0n) is 13.6. The van der Waals surface area contributed by atoms with Crippen molar-refractivity contribution in [1.82, 2.24) is 4.98 Å². The first-order valence-electron chi connectivity index (χ1n) is 7.54. The quantitative estimate of drug-likeness (QED) is 0.702. The Hall–Kier alpha value is -3.35. The highest BCUT2D eigenvalue weighted by molar-refractivity contribution is 6.04. The summed E-state index contributed by atoms with van der Waals surface area (Å²) in [6.45, 7) is 0. The number of aromatic nitrogens is 1. The standard InChI is InChI=1S/C19H13F3N2O2/c1-26-14-4-2-11(3-5-14)12-8-13(10-23-9-12)19(25)24-16-7-6-15(20)17(21)18(16)22/h2-10H,1H3,(H,24,25). The zero-order valence-corrected chi connectivity index (χ0v) is 13.6. The fourth-order valence-corrected chi connectivity index (χ4v) is 2.32. The lowest BCUT2D eigenvalue weighted by atomic mass is 10.1. The largest absolute Gasteiger partial charge is 0.497 e. The lowest BCUT2D eigenvalue weighted by Gasteiger charge is -2.09. The summed E-state index contributed by atoms with van der Waals surface area (Å²) in [6, 6.07) is 10.4. The van der Waals surface area contributed by atoms with Gasteiger partial charge >= 0.3 is 0 Å². The smallest absolute Gasteiger partial charge is 0.257 e. The maximum absolute atomic E-state index is 13.7. The van der Waals surface area contributed by atoms with Crippen LogP contribution in [0.3, 0.4) is 0 Å². The molecule has 1 amide bonds. The molecule has 1 aromatic heterocycles. The van der Waals surface area contributed by atoms with Crippen LogP contribution in [0.15, 0.2) is 54.9 Å². The third-order valence-corrected chi connectivity index (χ3v) is 3.71. The van der Waals surface area contributed by atoms with Gasteiger partial charge in [-0.1, -0.05) is 12.1 Å². The molecule has 7 heteroatoms. The van der Waals surface area contributed by atoms with Crippen LogP contribution in [0, 0.1) is 17.5 Å². The third-order valence-electron chi connectivity index (χ3n) is 3.71. The number of anilines is 1. The normalized spacial score (nSPS) is 10.5.